The Hall–Kier alpha value is -4.42. The van der Waals surface area contributed by atoms with Crippen LogP contribution in [0.25, 0.3) is 75.4 Å². The van der Waals surface area contributed by atoms with Crippen molar-refractivity contribution in [2.45, 2.75) is 0 Å². The Labute approximate surface area is 196 Å². The van der Waals surface area contributed by atoms with Crippen LogP contribution < -0.4 is 0 Å². The van der Waals surface area contributed by atoms with Gasteiger partial charge in [0.2, 0.25) is 0 Å². The SMILES string of the molecule is c1ccc2cc3cc4cc5cc6cc7c(ccc8ccccc87)cc6cc5cc4cc3cc2c1. The van der Waals surface area contributed by atoms with Gasteiger partial charge in [0.1, 0.15) is 0 Å². The van der Waals surface area contributed by atoms with E-state index in [1.807, 2.05) is 0 Å². The summed E-state index contributed by atoms with van der Waals surface area (Å²) in [6.45, 7) is 0. The molecule has 0 aromatic heterocycles. The first-order valence-corrected chi connectivity index (χ1v) is 11.8. The molecule has 34 heavy (non-hydrogen) atoms. The second-order valence-electron chi connectivity index (χ2n) is 9.50. The predicted octanol–water partition coefficient (Wildman–Crippen LogP) is 9.76. The van der Waals surface area contributed by atoms with Crippen molar-refractivity contribution in [2.24, 2.45) is 0 Å². The normalized spacial score (nSPS) is 12.1. The fraction of sp³-hybridized carbons (Fsp3) is 0. The van der Waals surface area contributed by atoms with Gasteiger partial charge in [-0.25, -0.2) is 0 Å². The Morgan fingerprint density at radius 2 is 0.559 bits per heavy atom. The van der Waals surface area contributed by atoms with E-state index >= 15 is 0 Å². The molecule has 8 aromatic rings. The zero-order chi connectivity index (χ0) is 22.2. The third kappa shape index (κ3) is 2.60. The van der Waals surface area contributed by atoms with Gasteiger partial charge in [0.05, 0.1) is 0 Å². The third-order valence-corrected chi connectivity index (χ3v) is 7.43. The number of hydrogen-bond donors (Lipinski definition) is 0. The van der Waals surface area contributed by atoms with Gasteiger partial charge in [-0.15, -0.1) is 0 Å². The standard InChI is InChI=1S/C34H20/c1-2-7-23-12-26-15-29-18-31-19-32-20-34-24(10-9-21-5-3-4-8-33(21)34)13-27(32)16-30(31)17-28(29)14-25(26)11-22(23)6-1/h1-20H. The van der Waals surface area contributed by atoms with Gasteiger partial charge in [0.15, 0.2) is 0 Å². The first kappa shape index (κ1) is 18.1. The van der Waals surface area contributed by atoms with Crippen LogP contribution >= 0.6 is 0 Å². The average Bonchev–Trinajstić information content (AvgIpc) is 2.87. The van der Waals surface area contributed by atoms with Gasteiger partial charge in [-0.1, -0.05) is 60.7 Å². The number of hydrogen-bond acceptors (Lipinski definition) is 0. The fourth-order valence-corrected chi connectivity index (χ4v) is 5.70. The molecule has 0 saturated carbocycles. The van der Waals surface area contributed by atoms with Crippen molar-refractivity contribution < 1.29 is 0 Å². The van der Waals surface area contributed by atoms with Gasteiger partial charge < -0.3 is 0 Å². The van der Waals surface area contributed by atoms with Crippen LogP contribution in [0.15, 0.2) is 121 Å². The first-order valence-electron chi connectivity index (χ1n) is 11.8. The monoisotopic (exact) mass is 428 g/mol. The second-order valence-corrected chi connectivity index (χ2v) is 9.50. The van der Waals surface area contributed by atoms with E-state index in [1.165, 1.54) is 75.4 Å². The quantitative estimate of drug-likeness (QED) is 0.166. The molecule has 156 valence electrons. The van der Waals surface area contributed by atoms with Gasteiger partial charge in [-0.2, -0.15) is 0 Å². The molecule has 0 heterocycles. The molecule has 8 aromatic carbocycles. The molecule has 0 nitrogen and oxygen atoms in total. The van der Waals surface area contributed by atoms with Crippen LogP contribution in [0.5, 0.6) is 0 Å². The molecule has 0 unspecified atom stereocenters. The summed E-state index contributed by atoms with van der Waals surface area (Å²) in [5.41, 5.74) is 0. The Kier molecular flexibility index (Phi) is 3.48. The molecule has 0 aliphatic rings. The molecular formula is C34H20. The molecule has 0 aliphatic carbocycles. The zero-order valence-corrected chi connectivity index (χ0v) is 18.5. The van der Waals surface area contributed by atoms with E-state index in [1.54, 1.807) is 0 Å². The molecular weight excluding hydrogens is 408 g/mol. The van der Waals surface area contributed by atoms with E-state index < -0.39 is 0 Å². The highest BCUT2D eigenvalue weighted by Crippen LogP contribution is 2.34. The molecule has 0 amide bonds. The predicted molar refractivity (Wildman–Crippen MR) is 149 cm³/mol. The zero-order valence-electron chi connectivity index (χ0n) is 18.5. The molecule has 0 N–H and O–H groups in total. The summed E-state index contributed by atoms with van der Waals surface area (Å²) in [7, 11) is 0. The van der Waals surface area contributed by atoms with Crippen molar-refractivity contribution in [3.63, 3.8) is 0 Å². The number of fused-ring (bicyclic) bond motifs is 8. The molecule has 0 saturated heterocycles. The van der Waals surface area contributed by atoms with E-state index in [2.05, 4.69) is 121 Å². The second kappa shape index (κ2) is 6.56. The van der Waals surface area contributed by atoms with Crippen molar-refractivity contribution in [3.05, 3.63) is 121 Å². The van der Waals surface area contributed by atoms with E-state index in [0.29, 0.717) is 0 Å². The summed E-state index contributed by atoms with van der Waals surface area (Å²) in [4.78, 5) is 0. The molecule has 0 bridgehead atoms. The highest BCUT2D eigenvalue weighted by molar-refractivity contribution is 6.15. The molecule has 0 fully saturated rings. The minimum atomic E-state index is 1.29. The molecule has 0 radical (unpaired) electrons. The summed E-state index contributed by atoms with van der Waals surface area (Å²) in [5, 5.41) is 18.2. The maximum atomic E-state index is 2.36. The minimum Gasteiger partial charge on any atom is -0.0616 e. The number of rotatable bonds is 0. The van der Waals surface area contributed by atoms with E-state index in [9.17, 15) is 0 Å². The lowest BCUT2D eigenvalue weighted by Gasteiger charge is -2.10. The van der Waals surface area contributed by atoms with Crippen LogP contribution in [-0.4, -0.2) is 0 Å². The third-order valence-electron chi connectivity index (χ3n) is 7.43. The lowest BCUT2D eigenvalue weighted by Crippen LogP contribution is -1.83. The van der Waals surface area contributed by atoms with Crippen LogP contribution in [0.2, 0.25) is 0 Å². The lowest BCUT2D eigenvalue weighted by atomic mass is 9.94. The average molecular weight is 429 g/mol. The summed E-state index contributed by atoms with van der Waals surface area (Å²) >= 11 is 0. The van der Waals surface area contributed by atoms with Crippen molar-refractivity contribution in [2.75, 3.05) is 0 Å². The van der Waals surface area contributed by atoms with E-state index in [4.69, 9.17) is 0 Å². The Balaban J connectivity index is 1.42. The van der Waals surface area contributed by atoms with Crippen molar-refractivity contribution >= 4 is 75.4 Å². The maximum absolute atomic E-state index is 2.36. The van der Waals surface area contributed by atoms with Gasteiger partial charge >= 0.3 is 0 Å². The van der Waals surface area contributed by atoms with E-state index in [-0.39, 0.29) is 0 Å². The largest absolute Gasteiger partial charge is 0.0616 e. The highest BCUT2D eigenvalue weighted by Gasteiger charge is 2.07. The van der Waals surface area contributed by atoms with Crippen LogP contribution in [-0.2, 0) is 0 Å². The Morgan fingerprint density at radius 1 is 0.206 bits per heavy atom. The van der Waals surface area contributed by atoms with Gasteiger partial charge in [0.25, 0.3) is 0 Å². The number of benzene rings is 8. The van der Waals surface area contributed by atoms with Crippen LogP contribution in [0, 0.1) is 0 Å². The summed E-state index contributed by atoms with van der Waals surface area (Å²) < 4.78 is 0. The van der Waals surface area contributed by atoms with Crippen LogP contribution in [0.1, 0.15) is 0 Å². The lowest BCUT2D eigenvalue weighted by molar-refractivity contribution is 1.78. The molecule has 8 rings (SSSR count). The Bertz CT molecular complexity index is 2080. The van der Waals surface area contributed by atoms with Crippen LogP contribution in [0.4, 0.5) is 0 Å². The van der Waals surface area contributed by atoms with Gasteiger partial charge in [-0.3, -0.25) is 0 Å². The summed E-state index contributed by atoms with van der Waals surface area (Å²) in [6.07, 6.45) is 0. The summed E-state index contributed by atoms with van der Waals surface area (Å²) in [5.74, 6) is 0. The molecule has 0 spiro atoms. The van der Waals surface area contributed by atoms with Crippen molar-refractivity contribution in [1.29, 1.82) is 0 Å². The van der Waals surface area contributed by atoms with Crippen molar-refractivity contribution in [3.8, 4) is 0 Å². The molecule has 0 heteroatoms. The molecule has 0 aliphatic heterocycles. The topological polar surface area (TPSA) is 0 Å². The van der Waals surface area contributed by atoms with Crippen LogP contribution in [0.3, 0.4) is 0 Å². The highest BCUT2D eigenvalue weighted by atomic mass is 14.1. The molecule has 0 atom stereocenters. The van der Waals surface area contributed by atoms with Gasteiger partial charge in [-0.05, 0) is 136 Å². The van der Waals surface area contributed by atoms with Crippen molar-refractivity contribution in [1.82, 2.24) is 0 Å². The minimum absolute atomic E-state index is 1.29. The summed E-state index contributed by atoms with van der Waals surface area (Å²) in [6, 6.07) is 45.2. The fourth-order valence-electron chi connectivity index (χ4n) is 5.70. The van der Waals surface area contributed by atoms with E-state index in [0.717, 1.165) is 0 Å². The first-order chi connectivity index (χ1) is 16.8. The Morgan fingerprint density at radius 3 is 1.09 bits per heavy atom. The maximum Gasteiger partial charge on any atom is -0.00990 e. The smallest absolute Gasteiger partial charge is 0.00990 e. The van der Waals surface area contributed by atoms with Gasteiger partial charge in [0, 0.05) is 0 Å².